The molecule has 0 aliphatic carbocycles. The van der Waals surface area contributed by atoms with Crippen LogP contribution in [0.4, 0.5) is 4.79 Å². The number of methoxy groups -OCH3 is 1. The van der Waals surface area contributed by atoms with Crippen LogP contribution in [-0.4, -0.2) is 41.1 Å². The van der Waals surface area contributed by atoms with Crippen LogP contribution in [0.5, 0.6) is 0 Å². The van der Waals surface area contributed by atoms with Gasteiger partial charge in [0, 0.05) is 20.2 Å². The van der Waals surface area contributed by atoms with Crippen LogP contribution < -0.4 is 10.6 Å². The minimum Gasteiger partial charge on any atom is -0.383 e. The van der Waals surface area contributed by atoms with Crippen LogP contribution in [0.3, 0.4) is 0 Å². The van der Waals surface area contributed by atoms with E-state index in [1.54, 1.807) is 18.1 Å². The average Bonchev–Trinajstić information content (AvgIpc) is 3.00. The molecule has 1 aromatic carbocycles. The maximum Gasteiger partial charge on any atom is 0.315 e. The standard InChI is InChI=1S/C14H19N5O2/c1-21-7-6-16-14(20)17-8-12-2-4-13(5-3-12)9-19-11-15-10-18-19/h2-5,10-11H,6-9H2,1H3,(H2,16,17,20). The number of rotatable bonds is 7. The maximum atomic E-state index is 11.5. The second-order valence-electron chi connectivity index (χ2n) is 4.51. The molecule has 1 heterocycles. The largest absolute Gasteiger partial charge is 0.383 e. The molecule has 0 radical (unpaired) electrons. The fraction of sp³-hybridized carbons (Fsp3) is 0.357. The first-order valence-electron chi connectivity index (χ1n) is 6.69. The summed E-state index contributed by atoms with van der Waals surface area (Å²) in [5.41, 5.74) is 2.17. The van der Waals surface area contributed by atoms with Crippen molar-refractivity contribution in [1.82, 2.24) is 25.4 Å². The summed E-state index contributed by atoms with van der Waals surface area (Å²) in [6.07, 6.45) is 3.19. The zero-order valence-electron chi connectivity index (χ0n) is 12.0. The number of hydrogen-bond acceptors (Lipinski definition) is 4. The second-order valence-corrected chi connectivity index (χ2v) is 4.51. The highest BCUT2D eigenvalue weighted by molar-refractivity contribution is 5.73. The Kier molecular flexibility index (Phi) is 5.71. The van der Waals surface area contributed by atoms with Gasteiger partial charge in [-0.05, 0) is 11.1 Å². The summed E-state index contributed by atoms with van der Waals surface area (Å²) >= 11 is 0. The van der Waals surface area contributed by atoms with Gasteiger partial charge in [-0.1, -0.05) is 24.3 Å². The quantitative estimate of drug-likeness (QED) is 0.738. The van der Waals surface area contributed by atoms with Crippen LogP contribution >= 0.6 is 0 Å². The minimum atomic E-state index is -0.196. The summed E-state index contributed by atoms with van der Waals surface area (Å²) in [6.45, 7) is 2.18. The monoisotopic (exact) mass is 289 g/mol. The lowest BCUT2D eigenvalue weighted by Gasteiger charge is -2.08. The summed E-state index contributed by atoms with van der Waals surface area (Å²) in [5, 5.41) is 9.55. The van der Waals surface area contributed by atoms with Crippen molar-refractivity contribution in [2.24, 2.45) is 0 Å². The van der Waals surface area contributed by atoms with Gasteiger partial charge in [0.1, 0.15) is 12.7 Å². The van der Waals surface area contributed by atoms with Gasteiger partial charge < -0.3 is 15.4 Å². The Morgan fingerprint density at radius 3 is 2.67 bits per heavy atom. The van der Waals surface area contributed by atoms with E-state index in [0.29, 0.717) is 26.2 Å². The molecule has 2 aromatic rings. The fourth-order valence-electron chi connectivity index (χ4n) is 1.78. The lowest BCUT2D eigenvalue weighted by atomic mass is 10.1. The Hall–Kier alpha value is -2.41. The van der Waals surface area contributed by atoms with Crippen molar-refractivity contribution in [2.75, 3.05) is 20.3 Å². The van der Waals surface area contributed by atoms with Gasteiger partial charge in [-0.15, -0.1) is 0 Å². The van der Waals surface area contributed by atoms with Crippen LogP contribution in [0.2, 0.25) is 0 Å². The predicted octanol–water partition coefficient (Wildman–Crippen LogP) is 0.772. The first-order valence-corrected chi connectivity index (χ1v) is 6.69. The number of nitrogens with one attached hydrogen (secondary N) is 2. The van der Waals surface area contributed by atoms with Crippen LogP contribution in [0.15, 0.2) is 36.9 Å². The Morgan fingerprint density at radius 2 is 2.00 bits per heavy atom. The van der Waals surface area contributed by atoms with Gasteiger partial charge in [-0.3, -0.25) is 0 Å². The molecule has 2 N–H and O–H groups in total. The van der Waals surface area contributed by atoms with E-state index >= 15 is 0 Å². The SMILES string of the molecule is COCCNC(=O)NCc1ccc(Cn2cncn2)cc1. The summed E-state index contributed by atoms with van der Waals surface area (Å²) < 4.78 is 6.62. The van der Waals surface area contributed by atoms with Gasteiger partial charge in [0.25, 0.3) is 0 Å². The predicted molar refractivity (Wildman–Crippen MR) is 77.7 cm³/mol. The molecule has 0 saturated carbocycles. The lowest BCUT2D eigenvalue weighted by molar-refractivity contribution is 0.196. The number of urea groups is 1. The molecule has 1 aromatic heterocycles. The van der Waals surface area contributed by atoms with E-state index < -0.39 is 0 Å². The molecular formula is C14H19N5O2. The summed E-state index contributed by atoms with van der Waals surface area (Å²) in [5.74, 6) is 0. The highest BCUT2D eigenvalue weighted by Crippen LogP contribution is 2.05. The molecule has 0 unspecified atom stereocenters. The van der Waals surface area contributed by atoms with Crippen molar-refractivity contribution < 1.29 is 9.53 Å². The Balaban J connectivity index is 1.75. The van der Waals surface area contributed by atoms with Crippen LogP contribution in [0, 0.1) is 0 Å². The summed E-state index contributed by atoms with van der Waals surface area (Å²) in [4.78, 5) is 15.4. The van der Waals surface area contributed by atoms with Gasteiger partial charge in [0.05, 0.1) is 13.2 Å². The van der Waals surface area contributed by atoms with Gasteiger partial charge in [0.2, 0.25) is 0 Å². The van der Waals surface area contributed by atoms with Gasteiger partial charge in [-0.2, -0.15) is 5.10 Å². The molecule has 0 atom stereocenters. The number of hydrogen-bond donors (Lipinski definition) is 2. The lowest BCUT2D eigenvalue weighted by Crippen LogP contribution is -2.36. The molecule has 0 aliphatic rings. The van der Waals surface area contributed by atoms with Crippen molar-refractivity contribution in [3.05, 3.63) is 48.0 Å². The summed E-state index contributed by atoms with van der Waals surface area (Å²) in [6, 6.07) is 7.81. The minimum absolute atomic E-state index is 0.196. The molecule has 0 spiro atoms. The molecule has 112 valence electrons. The van der Waals surface area contributed by atoms with E-state index in [1.807, 2.05) is 24.3 Å². The van der Waals surface area contributed by atoms with E-state index in [9.17, 15) is 4.79 Å². The molecule has 2 amide bonds. The first-order chi connectivity index (χ1) is 10.3. The number of carbonyl (C=O) groups is 1. The summed E-state index contributed by atoms with van der Waals surface area (Å²) in [7, 11) is 1.60. The van der Waals surface area contributed by atoms with Crippen molar-refractivity contribution >= 4 is 6.03 Å². The number of carbonyl (C=O) groups excluding carboxylic acids is 1. The zero-order valence-corrected chi connectivity index (χ0v) is 12.0. The van der Waals surface area contributed by atoms with Crippen molar-refractivity contribution in [3.8, 4) is 0 Å². The van der Waals surface area contributed by atoms with Gasteiger partial charge in [0.15, 0.2) is 0 Å². The van der Waals surface area contributed by atoms with Crippen molar-refractivity contribution in [3.63, 3.8) is 0 Å². The Morgan fingerprint density at radius 1 is 1.24 bits per heavy atom. The van der Waals surface area contributed by atoms with Crippen LogP contribution in [-0.2, 0) is 17.8 Å². The highest BCUT2D eigenvalue weighted by Gasteiger charge is 2.00. The number of amides is 2. The third-order valence-corrected chi connectivity index (χ3v) is 2.88. The van der Waals surface area contributed by atoms with E-state index in [1.165, 1.54) is 6.33 Å². The van der Waals surface area contributed by atoms with Crippen molar-refractivity contribution in [2.45, 2.75) is 13.1 Å². The van der Waals surface area contributed by atoms with E-state index in [4.69, 9.17) is 4.74 Å². The highest BCUT2D eigenvalue weighted by atomic mass is 16.5. The normalized spacial score (nSPS) is 10.3. The smallest absolute Gasteiger partial charge is 0.315 e. The average molecular weight is 289 g/mol. The van der Waals surface area contributed by atoms with Crippen molar-refractivity contribution in [1.29, 1.82) is 0 Å². The van der Waals surface area contributed by atoms with Gasteiger partial charge >= 0.3 is 6.03 Å². The molecule has 2 rings (SSSR count). The molecule has 0 fully saturated rings. The molecule has 7 heteroatoms. The fourth-order valence-corrected chi connectivity index (χ4v) is 1.78. The second kappa shape index (κ2) is 8.01. The van der Waals surface area contributed by atoms with E-state index in [0.717, 1.165) is 11.1 Å². The Labute approximate surface area is 123 Å². The maximum absolute atomic E-state index is 11.5. The number of benzene rings is 1. The van der Waals surface area contributed by atoms with E-state index in [-0.39, 0.29) is 6.03 Å². The Bertz CT molecular complexity index is 539. The molecule has 0 saturated heterocycles. The molecular weight excluding hydrogens is 270 g/mol. The number of nitrogens with zero attached hydrogens (tertiary/aromatic N) is 3. The molecule has 0 bridgehead atoms. The molecule has 0 aliphatic heterocycles. The van der Waals surface area contributed by atoms with Gasteiger partial charge in [-0.25, -0.2) is 14.5 Å². The van der Waals surface area contributed by atoms with Crippen LogP contribution in [0.1, 0.15) is 11.1 Å². The topological polar surface area (TPSA) is 81.1 Å². The van der Waals surface area contributed by atoms with E-state index in [2.05, 4.69) is 20.7 Å². The first kappa shape index (κ1) is 15.0. The third-order valence-electron chi connectivity index (χ3n) is 2.88. The number of ether oxygens (including phenoxy) is 1. The zero-order chi connectivity index (χ0) is 14.9. The third kappa shape index (κ3) is 5.23. The molecule has 21 heavy (non-hydrogen) atoms. The molecule has 7 nitrogen and oxygen atoms in total. The van der Waals surface area contributed by atoms with Crippen LogP contribution in [0.25, 0.3) is 0 Å². The number of aromatic nitrogens is 3.